The van der Waals surface area contributed by atoms with Gasteiger partial charge in [0, 0.05) is 20.2 Å². The summed E-state index contributed by atoms with van der Waals surface area (Å²) >= 11 is 6.34. The highest BCUT2D eigenvalue weighted by atomic mass is 35.5. The fraction of sp³-hybridized carbons (Fsp3) is 0.240. The molecule has 3 aromatic heterocycles. The molecule has 2 amide bonds. The number of nitrogens with zero attached hydrogens (tertiary/aromatic N) is 7. The minimum atomic E-state index is -3.27. The van der Waals surface area contributed by atoms with Gasteiger partial charge in [0.2, 0.25) is 5.82 Å². The molecule has 0 aliphatic rings. The number of carbonyl (C=O) groups excluding carboxylic acids is 2. The quantitative estimate of drug-likeness (QED) is 0.335. The summed E-state index contributed by atoms with van der Waals surface area (Å²) < 4.78 is 28.3. The van der Waals surface area contributed by atoms with Gasteiger partial charge >= 0.3 is 5.92 Å². The Bertz CT molecular complexity index is 1590. The van der Waals surface area contributed by atoms with Crippen LogP contribution in [-0.2, 0) is 12.5 Å². The van der Waals surface area contributed by atoms with Crippen molar-refractivity contribution in [2.24, 2.45) is 0 Å². The number of rotatable bonds is 8. The highest BCUT2D eigenvalue weighted by Gasteiger charge is 2.31. The zero-order valence-electron chi connectivity index (χ0n) is 21.5. The third-order valence-electron chi connectivity index (χ3n) is 5.62. The maximum Gasteiger partial charge on any atom is 0.307 e. The SMILES string of the molecule is C=C(C)c1cc(C)c(NC(=O)c2cc(Cn3nnc(C(C)(F)F)n3)nn2-c2ncccc2Cl)c(C(=O)NC)c1. The lowest BCUT2D eigenvalue weighted by molar-refractivity contribution is 0.00737. The van der Waals surface area contributed by atoms with Crippen LogP contribution in [0.25, 0.3) is 11.4 Å². The summed E-state index contributed by atoms with van der Waals surface area (Å²) in [7, 11) is 1.49. The van der Waals surface area contributed by atoms with Crippen molar-refractivity contribution in [2.45, 2.75) is 33.2 Å². The first-order chi connectivity index (χ1) is 18.4. The Morgan fingerprint density at radius 1 is 1.18 bits per heavy atom. The number of hydrogen-bond acceptors (Lipinski definition) is 7. The number of amides is 2. The topological polar surface area (TPSA) is 133 Å². The summed E-state index contributed by atoms with van der Waals surface area (Å²) in [6.45, 7) is 7.98. The van der Waals surface area contributed by atoms with E-state index in [0.717, 1.165) is 15.9 Å². The van der Waals surface area contributed by atoms with E-state index in [1.807, 2.05) is 6.92 Å². The number of allylic oxidation sites excluding steroid dienone is 1. The fourth-order valence-electron chi connectivity index (χ4n) is 3.69. The highest BCUT2D eigenvalue weighted by Crippen LogP contribution is 2.28. The summed E-state index contributed by atoms with van der Waals surface area (Å²) in [6, 6.07) is 8.06. The van der Waals surface area contributed by atoms with Crippen molar-refractivity contribution in [1.29, 1.82) is 0 Å². The van der Waals surface area contributed by atoms with Gasteiger partial charge in [0.15, 0.2) is 5.82 Å². The van der Waals surface area contributed by atoms with E-state index in [0.29, 0.717) is 18.2 Å². The van der Waals surface area contributed by atoms with Gasteiger partial charge in [-0.1, -0.05) is 23.8 Å². The van der Waals surface area contributed by atoms with Gasteiger partial charge in [-0.25, -0.2) is 9.67 Å². The number of carbonyl (C=O) groups is 2. The van der Waals surface area contributed by atoms with Crippen molar-refractivity contribution < 1.29 is 18.4 Å². The van der Waals surface area contributed by atoms with Gasteiger partial charge in [-0.15, -0.1) is 10.2 Å². The largest absolute Gasteiger partial charge is 0.355 e. The molecule has 1 aromatic carbocycles. The van der Waals surface area contributed by atoms with E-state index >= 15 is 0 Å². The van der Waals surface area contributed by atoms with E-state index in [4.69, 9.17) is 11.6 Å². The lowest BCUT2D eigenvalue weighted by Crippen LogP contribution is -2.24. The van der Waals surface area contributed by atoms with Gasteiger partial charge in [0.25, 0.3) is 11.8 Å². The summed E-state index contributed by atoms with van der Waals surface area (Å²) in [5, 5.41) is 20.7. The Hall–Kier alpha value is -4.52. The molecule has 0 spiro atoms. The number of pyridine rings is 1. The van der Waals surface area contributed by atoms with Crippen LogP contribution in [0.3, 0.4) is 0 Å². The minimum Gasteiger partial charge on any atom is -0.355 e. The molecule has 0 radical (unpaired) electrons. The summed E-state index contributed by atoms with van der Waals surface area (Å²) in [4.78, 5) is 31.5. The molecule has 3 heterocycles. The first-order valence-electron chi connectivity index (χ1n) is 11.6. The van der Waals surface area contributed by atoms with Crippen LogP contribution in [0.4, 0.5) is 14.5 Å². The first kappa shape index (κ1) is 27.5. The Morgan fingerprint density at radius 2 is 1.92 bits per heavy atom. The molecule has 2 N–H and O–H groups in total. The van der Waals surface area contributed by atoms with Crippen LogP contribution in [-0.4, -0.2) is 53.8 Å². The first-order valence-corrected chi connectivity index (χ1v) is 12.0. The average molecular weight is 556 g/mol. The normalized spacial score (nSPS) is 11.4. The molecule has 4 rings (SSSR count). The molecule has 0 unspecified atom stereocenters. The summed E-state index contributed by atoms with van der Waals surface area (Å²) in [5.74, 6) is -4.89. The van der Waals surface area contributed by atoms with E-state index in [-0.39, 0.29) is 34.3 Å². The second-order valence-electron chi connectivity index (χ2n) is 8.80. The van der Waals surface area contributed by atoms with Crippen LogP contribution in [0.1, 0.15) is 57.3 Å². The number of aromatic nitrogens is 7. The number of nitrogens with one attached hydrogen (secondary N) is 2. The maximum absolute atomic E-state index is 13.6. The Balaban J connectivity index is 1.76. The number of alkyl halides is 2. The van der Waals surface area contributed by atoms with Crippen LogP contribution in [0, 0.1) is 6.92 Å². The van der Waals surface area contributed by atoms with Crippen molar-refractivity contribution in [3.05, 3.63) is 82.0 Å². The molecule has 0 bridgehead atoms. The number of halogens is 3. The second-order valence-corrected chi connectivity index (χ2v) is 9.21. The number of anilines is 1. The molecule has 0 aliphatic carbocycles. The third kappa shape index (κ3) is 5.82. The monoisotopic (exact) mass is 555 g/mol. The van der Waals surface area contributed by atoms with Crippen molar-refractivity contribution in [3.8, 4) is 5.82 Å². The molecule has 39 heavy (non-hydrogen) atoms. The lowest BCUT2D eigenvalue weighted by atomic mass is 9.99. The fourth-order valence-corrected chi connectivity index (χ4v) is 3.89. The Labute approximate surface area is 226 Å². The van der Waals surface area contributed by atoms with Crippen LogP contribution >= 0.6 is 11.6 Å². The standard InChI is InChI=1S/C25H24ClF2N9O2/c1-13(2)15-9-14(3)20(17(10-15)22(38)29-5)31-23(39)19-11-16(12-36-34-24(32-35-36)25(4,27)28)33-37(19)21-18(26)7-6-8-30-21/h6-11H,1,12H2,2-5H3,(H,29,38)(H,31,39). The molecular formula is C25H24ClF2N9O2. The molecule has 11 nitrogen and oxygen atoms in total. The average Bonchev–Trinajstić information content (AvgIpc) is 3.52. The molecular weight excluding hydrogens is 532 g/mol. The smallest absolute Gasteiger partial charge is 0.307 e. The van der Waals surface area contributed by atoms with Gasteiger partial charge in [-0.2, -0.15) is 18.7 Å². The van der Waals surface area contributed by atoms with Crippen molar-refractivity contribution in [2.75, 3.05) is 12.4 Å². The molecule has 0 aliphatic heterocycles. The number of benzene rings is 1. The molecule has 14 heteroatoms. The maximum atomic E-state index is 13.6. The summed E-state index contributed by atoms with van der Waals surface area (Å²) in [5.41, 5.74) is 2.91. The molecule has 4 aromatic rings. The van der Waals surface area contributed by atoms with Crippen LogP contribution in [0.15, 0.2) is 43.1 Å². The molecule has 202 valence electrons. The van der Waals surface area contributed by atoms with E-state index in [1.165, 1.54) is 24.0 Å². The van der Waals surface area contributed by atoms with E-state index < -0.39 is 23.6 Å². The van der Waals surface area contributed by atoms with Crippen molar-refractivity contribution >= 4 is 34.7 Å². The van der Waals surface area contributed by atoms with E-state index in [9.17, 15) is 18.4 Å². The van der Waals surface area contributed by atoms with Gasteiger partial charge in [0.1, 0.15) is 12.2 Å². The van der Waals surface area contributed by atoms with Crippen molar-refractivity contribution in [1.82, 2.24) is 40.3 Å². The predicted octanol–water partition coefficient (Wildman–Crippen LogP) is 4.02. The zero-order chi connectivity index (χ0) is 28.5. The van der Waals surface area contributed by atoms with E-state index in [2.05, 4.69) is 42.7 Å². The minimum absolute atomic E-state index is 0.0120. The molecule has 0 fully saturated rings. The molecule has 0 saturated carbocycles. The van der Waals surface area contributed by atoms with E-state index in [1.54, 1.807) is 31.2 Å². The van der Waals surface area contributed by atoms with Crippen LogP contribution < -0.4 is 10.6 Å². The molecule has 0 saturated heterocycles. The number of aryl methyl sites for hydroxylation is 1. The molecule has 0 atom stereocenters. The second kappa shape index (κ2) is 10.7. The Kier molecular flexibility index (Phi) is 7.54. The summed E-state index contributed by atoms with van der Waals surface area (Å²) in [6.07, 6.45) is 1.48. The predicted molar refractivity (Wildman–Crippen MR) is 140 cm³/mol. The van der Waals surface area contributed by atoms with Gasteiger partial charge in [-0.3, -0.25) is 9.59 Å². The lowest BCUT2D eigenvalue weighted by Gasteiger charge is -2.16. The van der Waals surface area contributed by atoms with Gasteiger partial charge < -0.3 is 10.6 Å². The zero-order valence-corrected chi connectivity index (χ0v) is 22.2. The van der Waals surface area contributed by atoms with Crippen molar-refractivity contribution in [3.63, 3.8) is 0 Å². The third-order valence-corrected chi connectivity index (χ3v) is 5.91. The van der Waals surface area contributed by atoms with Gasteiger partial charge in [0.05, 0.1) is 22.0 Å². The Morgan fingerprint density at radius 3 is 2.54 bits per heavy atom. The number of tetrazole rings is 1. The van der Waals surface area contributed by atoms with Gasteiger partial charge in [-0.05, 0) is 60.5 Å². The van der Waals surface area contributed by atoms with Crippen LogP contribution in [0.2, 0.25) is 5.02 Å². The highest BCUT2D eigenvalue weighted by molar-refractivity contribution is 6.32. The number of hydrogen-bond donors (Lipinski definition) is 2. The van der Waals surface area contributed by atoms with Crippen LogP contribution in [0.5, 0.6) is 0 Å².